The topological polar surface area (TPSA) is 61.0 Å². The van der Waals surface area contributed by atoms with E-state index in [1.54, 1.807) is 0 Å². The number of hydrogen-bond acceptors (Lipinski definition) is 6. The first-order chi connectivity index (χ1) is 32.9. The van der Waals surface area contributed by atoms with Crippen molar-refractivity contribution in [2.24, 2.45) is 0 Å². The molecule has 68 heavy (non-hydrogen) atoms. The smallest absolute Gasteiger partial charge is 0.189 e. The third kappa shape index (κ3) is 16.1. The van der Waals surface area contributed by atoms with E-state index in [2.05, 4.69) is 186 Å². The second kappa shape index (κ2) is 24.8. The lowest BCUT2D eigenvalue weighted by molar-refractivity contribution is 0.00209. The van der Waals surface area contributed by atoms with E-state index in [0.29, 0.717) is 13.2 Å². The Hall–Kier alpha value is -6.02. The molecule has 7 aromatic rings. The Morgan fingerprint density at radius 3 is 0.971 bits per heavy atom. The van der Waals surface area contributed by atoms with Crippen LogP contribution in [-0.4, -0.2) is 13.6 Å². The molecule has 2 N–H and O–H groups in total. The summed E-state index contributed by atoms with van der Waals surface area (Å²) < 4.78 is 25.1. The van der Waals surface area contributed by atoms with Gasteiger partial charge in [0.2, 0.25) is 0 Å². The van der Waals surface area contributed by atoms with Gasteiger partial charge in [-0.25, -0.2) is 0 Å². The molecule has 0 aliphatic carbocycles. The van der Waals surface area contributed by atoms with Gasteiger partial charge in [-0.15, -0.1) is 0 Å². The Bertz CT molecular complexity index is 2360. The van der Waals surface area contributed by atoms with Gasteiger partial charge >= 0.3 is 0 Å². The van der Waals surface area contributed by atoms with Crippen molar-refractivity contribution in [2.45, 2.75) is 117 Å². The predicted molar refractivity (Wildman–Crippen MR) is 279 cm³/mol. The van der Waals surface area contributed by atoms with Gasteiger partial charge in [-0.05, 0) is 115 Å². The zero-order valence-electron chi connectivity index (χ0n) is 41.3. The molecule has 354 valence electrons. The number of aryl methyl sites for hydroxylation is 4. The summed E-state index contributed by atoms with van der Waals surface area (Å²) in [5.41, 5.74) is 15.0. The molecule has 7 rings (SSSR count). The molecule has 0 aromatic heterocycles. The maximum Gasteiger partial charge on any atom is 0.189 e. The van der Waals surface area contributed by atoms with Gasteiger partial charge in [-0.2, -0.15) is 0 Å². The molecule has 0 atom stereocenters. The van der Waals surface area contributed by atoms with Gasteiger partial charge in [-0.3, -0.25) is 0 Å². The third-order valence-corrected chi connectivity index (χ3v) is 12.4. The number of ether oxygens (including phenoxy) is 4. The van der Waals surface area contributed by atoms with Crippen LogP contribution in [0.15, 0.2) is 170 Å². The Labute approximate surface area is 407 Å². The summed E-state index contributed by atoms with van der Waals surface area (Å²) >= 11 is 0. The van der Waals surface area contributed by atoms with Gasteiger partial charge < -0.3 is 29.6 Å². The molecule has 0 bridgehead atoms. The van der Waals surface area contributed by atoms with Crippen LogP contribution in [-0.2, 0) is 85.4 Å². The van der Waals surface area contributed by atoms with Crippen molar-refractivity contribution in [3.05, 3.63) is 237 Å². The highest BCUT2D eigenvalue weighted by molar-refractivity contribution is 5.48. The van der Waals surface area contributed by atoms with Gasteiger partial charge in [0.05, 0.1) is 13.2 Å². The largest absolute Gasteiger partial charge is 0.467 e. The predicted octanol–water partition coefficient (Wildman–Crippen LogP) is 13.5. The van der Waals surface area contributed by atoms with E-state index in [-0.39, 0.29) is 24.4 Å². The lowest BCUT2D eigenvalue weighted by Gasteiger charge is -2.19. The minimum atomic E-state index is 0.141. The maximum atomic E-state index is 6.48. The van der Waals surface area contributed by atoms with E-state index < -0.39 is 0 Å². The van der Waals surface area contributed by atoms with Crippen molar-refractivity contribution >= 4 is 0 Å². The molecule has 6 heteroatoms. The van der Waals surface area contributed by atoms with Gasteiger partial charge in [0, 0.05) is 26.2 Å². The van der Waals surface area contributed by atoms with Gasteiger partial charge in [0.15, 0.2) is 13.6 Å². The fourth-order valence-electron chi connectivity index (χ4n) is 8.13. The quantitative estimate of drug-likeness (QED) is 0.0465. The Morgan fingerprint density at radius 2 is 0.647 bits per heavy atom. The molecule has 0 saturated heterocycles. The molecule has 0 aliphatic rings. The molecule has 0 saturated carbocycles. The highest BCUT2D eigenvalue weighted by Crippen LogP contribution is 2.32. The Balaban J connectivity index is 1.01. The van der Waals surface area contributed by atoms with Crippen molar-refractivity contribution in [1.29, 1.82) is 0 Å². The summed E-state index contributed by atoms with van der Waals surface area (Å²) in [6.45, 7) is 18.0. The average molecular weight is 909 g/mol. The lowest BCUT2D eigenvalue weighted by Crippen LogP contribution is -2.14. The zero-order valence-corrected chi connectivity index (χ0v) is 41.3. The standard InChI is InChI=1S/C62H72N2O4/c1-61(2,3)57-33-27-51(28-34-57)41-63-39-49-21-17-47(18-22-49)25-31-55-37-60(68-46-66-44-54-15-11-8-12-16-54)56(38-59(55)67-45-65-43-53-13-9-7-10-14-53)32-26-48-19-23-50(24-20-48)40-64-42-52-29-35-58(36-30-52)62(4,5)6/h7-24,27-30,33-38,63-64H,25-26,31-32,39-46H2,1-6H3. The maximum absolute atomic E-state index is 6.48. The van der Waals surface area contributed by atoms with Crippen molar-refractivity contribution < 1.29 is 18.9 Å². The van der Waals surface area contributed by atoms with Crippen LogP contribution < -0.4 is 20.1 Å². The summed E-state index contributed by atoms with van der Waals surface area (Å²) in [6.07, 6.45) is 3.25. The molecule has 0 aliphatic heterocycles. The molecule has 6 nitrogen and oxygen atoms in total. The third-order valence-electron chi connectivity index (χ3n) is 12.4. The van der Waals surface area contributed by atoms with E-state index in [9.17, 15) is 0 Å². The zero-order chi connectivity index (χ0) is 47.6. The van der Waals surface area contributed by atoms with E-state index in [0.717, 1.165) is 85.6 Å². The van der Waals surface area contributed by atoms with Crippen LogP contribution in [0.3, 0.4) is 0 Å². The molecule has 0 radical (unpaired) electrons. The average Bonchev–Trinajstić information content (AvgIpc) is 3.34. The SMILES string of the molecule is CC(C)(C)c1ccc(CNCc2ccc(CCc3cc(OCOCc4ccccc4)c(CCc4ccc(CNCc5ccc(C(C)(C)C)cc5)cc4)cc3OCOCc3ccccc3)cc2)cc1. The number of nitrogens with one attached hydrogen (secondary N) is 2. The van der Waals surface area contributed by atoms with E-state index in [1.165, 1.54) is 44.5 Å². The summed E-state index contributed by atoms with van der Waals surface area (Å²) in [5.74, 6) is 1.63. The Kier molecular flexibility index (Phi) is 18.2. The molecule has 0 fully saturated rings. The van der Waals surface area contributed by atoms with Gasteiger partial charge in [0.25, 0.3) is 0 Å². The first kappa shape index (κ1) is 49.9. The van der Waals surface area contributed by atoms with E-state index in [1.807, 2.05) is 36.4 Å². The summed E-state index contributed by atoms with van der Waals surface area (Å²) in [7, 11) is 0. The first-order valence-electron chi connectivity index (χ1n) is 24.4. The number of rotatable bonds is 24. The molecular formula is C62H72N2O4. The minimum absolute atomic E-state index is 0.141. The number of hydrogen-bond donors (Lipinski definition) is 2. The number of benzene rings is 7. The summed E-state index contributed by atoms with van der Waals surface area (Å²) in [4.78, 5) is 0. The fraction of sp³-hybridized carbons (Fsp3) is 0.323. The first-order valence-corrected chi connectivity index (χ1v) is 24.4. The van der Waals surface area contributed by atoms with Crippen molar-refractivity contribution in [1.82, 2.24) is 10.6 Å². The second-order valence-corrected chi connectivity index (χ2v) is 20.0. The monoisotopic (exact) mass is 909 g/mol. The molecule has 0 heterocycles. The Morgan fingerprint density at radius 1 is 0.338 bits per heavy atom. The van der Waals surface area contributed by atoms with Crippen LogP contribution in [0.1, 0.15) is 108 Å². The van der Waals surface area contributed by atoms with Crippen LogP contribution in [0.25, 0.3) is 0 Å². The highest BCUT2D eigenvalue weighted by Gasteiger charge is 2.16. The molecule has 0 spiro atoms. The molecule has 7 aromatic carbocycles. The summed E-state index contributed by atoms with van der Waals surface area (Å²) in [5, 5.41) is 7.24. The second-order valence-electron chi connectivity index (χ2n) is 20.0. The van der Waals surface area contributed by atoms with Crippen LogP contribution >= 0.6 is 0 Å². The van der Waals surface area contributed by atoms with Crippen molar-refractivity contribution in [3.8, 4) is 11.5 Å². The normalized spacial score (nSPS) is 11.7. The van der Waals surface area contributed by atoms with Crippen LogP contribution in [0.4, 0.5) is 0 Å². The molecule has 0 amide bonds. The minimum Gasteiger partial charge on any atom is -0.467 e. The van der Waals surface area contributed by atoms with Crippen LogP contribution in [0, 0.1) is 0 Å². The van der Waals surface area contributed by atoms with E-state index in [4.69, 9.17) is 18.9 Å². The van der Waals surface area contributed by atoms with Crippen LogP contribution in [0.2, 0.25) is 0 Å². The van der Waals surface area contributed by atoms with Crippen molar-refractivity contribution in [3.63, 3.8) is 0 Å². The summed E-state index contributed by atoms with van der Waals surface area (Å²) in [6, 6.07) is 60.6. The van der Waals surface area contributed by atoms with Gasteiger partial charge in [0.1, 0.15) is 11.5 Å². The fourth-order valence-corrected chi connectivity index (χ4v) is 8.13. The molecular weight excluding hydrogens is 837 g/mol. The van der Waals surface area contributed by atoms with Crippen LogP contribution in [0.5, 0.6) is 11.5 Å². The van der Waals surface area contributed by atoms with E-state index >= 15 is 0 Å². The highest BCUT2D eigenvalue weighted by atomic mass is 16.7. The van der Waals surface area contributed by atoms with Crippen molar-refractivity contribution in [2.75, 3.05) is 13.6 Å². The molecule has 0 unspecified atom stereocenters. The van der Waals surface area contributed by atoms with Gasteiger partial charge in [-0.1, -0.05) is 199 Å². The lowest BCUT2D eigenvalue weighted by atomic mass is 9.87.